The van der Waals surface area contributed by atoms with Gasteiger partial charge < -0.3 is 5.73 Å². The maximum atomic E-state index is 6.20. The van der Waals surface area contributed by atoms with Gasteiger partial charge in [-0.25, -0.2) is 0 Å². The molecule has 1 saturated carbocycles. The summed E-state index contributed by atoms with van der Waals surface area (Å²) in [6.07, 6.45) is 3.69. The quantitative estimate of drug-likeness (QED) is 0.754. The molecule has 1 aliphatic carbocycles. The van der Waals surface area contributed by atoms with E-state index in [2.05, 4.69) is 31.4 Å². The van der Waals surface area contributed by atoms with Crippen molar-refractivity contribution in [2.24, 2.45) is 11.1 Å². The van der Waals surface area contributed by atoms with E-state index in [1.165, 1.54) is 24.1 Å². The van der Waals surface area contributed by atoms with Crippen molar-refractivity contribution in [3.63, 3.8) is 0 Å². The zero-order valence-electron chi connectivity index (χ0n) is 8.99. The zero-order valence-corrected chi connectivity index (χ0v) is 9.81. The average Bonchev–Trinajstić information content (AvgIpc) is 2.62. The van der Waals surface area contributed by atoms with Crippen LogP contribution in [-0.4, -0.2) is 6.04 Å². The van der Waals surface area contributed by atoms with Gasteiger partial charge in [0.05, 0.1) is 0 Å². The molecule has 1 nitrogen and oxygen atoms in total. The molecule has 0 amide bonds. The molecule has 14 heavy (non-hydrogen) atoms. The summed E-state index contributed by atoms with van der Waals surface area (Å²) >= 11 is 1.85. The molecule has 0 saturated heterocycles. The topological polar surface area (TPSA) is 26.0 Å². The van der Waals surface area contributed by atoms with Crippen molar-refractivity contribution in [2.45, 2.75) is 45.1 Å². The predicted molar refractivity (Wildman–Crippen MR) is 62.7 cm³/mol. The maximum Gasteiger partial charge on any atom is 0.0116 e. The third kappa shape index (κ3) is 2.01. The normalized spacial score (nSPS) is 31.6. The molecule has 2 N–H and O–H groups in total. The standard InChI is InChI=1S/C12H19NS/c1-12(2)6-5-10(13)9(8-12)11-4-3-7-14-11/h3-4,7,9-10H,5-6,8,13H2,1-2H3. The van der Waals surface area contributed by atoms with E-state index in [-0.39, 0.29) is 0 Å². The van der Waals surface area contributed by atoms with Crippen LogP contribution in [0, 0.1) is 5.41 Å². The van der Waals surface area contributed by atoms with Gasteiger partial charge in [0, 0.05) is 16.8 Å². The Labute approximate surface area is 90.3 Å². The van der Waals surface area contributed by atoms with E-state index in [0.717, 1.165) is 0 Å². The fourth-order valence-electron chi connectivity index (χ4n) is 2.42. The first kappa shape index (κ1) is 10.2. The van der Waals surface area contributed by atoms with E-state index in [1.807, 2.05) is 11.3 Å². The summed E-state index contributed by atoms with van der Waals surface area (Å²) in [7, 11) is 0. The van der Waals surface area contributed by atoms with Crippen molar-refractivity contribution in [1.82, 2.24) is 0 Å². The van der Waals surface area contributed by atoms with Crippen LogP contribution in [0.3, 0.4) is 0 Å². The second kappa shape index (κ2) is 3.67. The molecule has 78 valence electrons. The highest BCUT2D eigenvalue weighted by Gasteiger charge is 2.34. The van der Waals surface area contributed by atoms with Gasteiger partial charge in [0.2, 0.25) is 0 Å². The summed E-state index contributed by atoms with van der Waals surface area (Å²) in [6, 6.07) is 4.74. The molecule has 0 radical (unpaired) electrons. The molecule has 0 bridgehead atoms. The van der Waals surface area contributed by atoms with Crippen molar-refractivity contribution >= 4 is 11.3 Å². The molecule has 2 atom stereocenters. The van der Waals surface area contributed by atoms with E-state index >= 15 is 0 Å². The Hall–Kier alpha value is -0.340. The highest BCUT2D eigenvalue weighted by molar-refractivity contribution is 7.10. The van der Waals surface area contributed by atoms with Crippen LogP contribution in [0.1, 0.15) is 43.9 Å². The van der Waals surface area contributed by atoms with E-state index in [1.54, 1.807) is 0 Å². The van der Waals surface area contributed by atoms with Gasteiger partial charge >= 0.3 is 0 Å². The number of rotatable bonds is 1. The van der Waals surface area contributed by atoms with Crippen LogP contribution < -0.4 is 5.73 Å². The summed E-state index contributed by atoms with van der Waals surface area (Å²) in [5, 5.41) is 2.16. The molecule has 0 aromatic carbocycles. The first-order valence-corrected chi connectivity index (χ1v) is 6.25. The van der Waals surface area contributed by atoms with Crippen LogP contribution in [0.25, 0.3) is 0 Å². The Balaban J connectivity index is 2.17. The molecule has 2 rings (SSSR count). The average molecular weight is 209 g/mol. The Bertz CT molecular complexity index is 289. The molecule has 0 aliphatic heterocycles. The Morgan fingerprint density at radius 3 is 2.93 bits per heavy atom. The molecule has 1 aromatic heterocycles. The first-order valence-electron chi connectivity index (χ1n) is 5.37. The Morgan fingerprint density at radius 1 is 1.50 bits per heavy atom. The highest BCUT2D eigenvalue weighted by atomic mass is 32.1. The lowest BCUT2D eigenvalue weighted by Gasteiger charge is -2.38. The van der Waals surface area contributed by atoms with Crippen LogP contribution in [0.15, 0.2) is 17.5 Å². The minimum atomic E-state index is 0.377. The highest BCUT2D eigenvalue weighted by Crippen LogP contribution is 2.43. The van der Waals surface area contributed by atoms with E-state index in [0.29, 0.717) is 17.4 Å². The van der Waals surface area contributed by atoms with Gasteiger partial charge in [0.25, 0.3) is 0 Å². The van der Waals surface area contributed by atoms with E-state index < -0.39 is 0 Å². The molecular formula is C12H19NS. The van der Waals surface area contributed by atoms with Gasteiger partial charge in [-0.3, -0.25) is 0 Å². The van der Waals surface area contributed by atoms with Gasteiger partial charge in [-0.05, 0) is 36.1 Å². The third-order valence-corrected chi connectivity index (χ3v) is 4.36. The van der Waals surface area contributed by atoms with Crippen molar-refractivity contribution in [3.05, 3.63) is 22.4 Å². The number of thiophene rings is 1. The second-order valence-corrected chi connectivity index (χ2v) is 6.17. The number of hydrogen-bond acceptors (Lipinski definition) is 2. The molecule has 2 unspecified atom stereocenters. The summed E-state index contributed by atoms with van der Waals surface area (Å²) in [5.74, 6) is 0.596. The summed E-state index contributed by atoms with van der Waals surface area (Å²) in [5.41, 5.74) is 6.67. The molecule has 1 heterocycles. The molecular weight excluding hydrogens is 190 g/mol. The molecule has 1 aromatic rings. The lowest BCUT2D eigenvalue weighted by molar-refractivity contribution is 0.200. The third-order valence-electron chi connectivity index (χ3n) is 3.35. The van der Waals surface area contributed by atoms with E-state index in [9.17, 15) is 0 Å². The minimum absolute atomic E-state index is 0.377. The van der Waals surface area contributed by atoms with Crippen molar-refractivity contribution in [2.75, 3.05) is 0 Å². The zero-order chi connectivity index (χ0) is 10.2. The Kier molecular flexibility index (Phi) is 2.67. The van der Waals surface area contributed by atoms with Gasteiger partial charge in [0.1, 0.15) is 0 Å². The monoisotopic (exact) mass is 209 g/mol. The second-order valence-electron chi connectivity index (χ2n) is 5.19. The van der Waals surface area contributed by atoms with Gasteiger partial charge in [-0.1, -0.05) is 19.9 Å². The largest absolute Gasteiger partial charge is 0.327 e. The Morgan fingerprint density at radius 2 is 2.29 bits per heavy atom. The predicted octanol–water partition coefficient (Wildman–Crippen LogP) is 3.37. The number of nitrogens with two attached hydrogens (primary N) is 1. The van der Waals surface area contributed by atoms with Gasteiger partial charge in [-0.2, -0.15) is 0 Å². The summed E-state index contributed by atoms with van der Waals surface area (Å²) in [6.45, 7) is 4.72. The molecule has 0 spiro atoms. The fourth-order valence-corrected chi connectivity index (χ4v) is 3.33. The molecule has 1 fully saturated rings. The van der Waals surface area contributed by atoms with Gasteiger partial charge in [0.15, 0.2) is 0 Å². The lowest BCUT2D eigenvalue weighted by Crippen LogP contribution is -2.37. The number of hydrogen-bond donors (Lipinski definition) is 1. The smallest absolute Gasteiger partial charge is 0.0116 e. The molecule has 1 aliphatic rings. The van der Waals surface area contributed by atoms with Crippen molar-refractivity contribution in [1.29, 1.82) is 0 Å². The van der Waals surface area contributed by atoms with Crippen LogP contribution in [0.4, 0.5) is 0 Å². The maximum absolute atomic E-state index is 6.20. The fraction of sp³-hybridized carbons (Fsp3) is 0.667. The summed E-state index contributed by atoms with van der Waals surface area (Å²) in [4.78, 5) is 1.48. The first-order chi connectivity index (χ1) is 6.58. The van der Waals surface area contributed by atoms with Crippen LogP contribution in [0.2, 0.25) is 0 Å². The SMILES string of the molecule is CC1(C)CCC(N)C(c2cccs2)C1. The van der Waals surface area contributed by atoms with Crippen molar-refractivity contribution < 1.29 is 0 Å². The van der Waals surface area contributed by atoms with Crippen LogP contribution >= 0.6 is 11.3 Å². The molecule has 2 heteroatoms. The van der Waals surface area contributed by atoms with E-state index in [4.69, 9.17) is 5.73 Å². The minimum Gasteiger partial charge on any atom is -0.327 e. The van der Waals surface area contributed by atoms with Crippen molar-refractivity contribution in [3.8, 4) is 0 Å². The summed E-state index contributed by atoms with van der Waals surface area (Å²) < 4.78 is 0. The van der Waals surface area contributed by atoms with Gasteiger partial charge in [-0.15, -0.1) is 11.3 Å². The van der Waals surface area contributed by atoms with Crippen LogP contribution in [-0.2, 0) is 0 Å². The van der Waals surface area contributed by atoms with Crippen LogP contribution in [0.5, 0.6) is 0 Å². The lowest BCUT2D eigenvalue weighted by atomic mass is 9.70.